The zero-order valence-electron chi connectivity index (χ0n) is 9.74. The molecule has 0 heterocycles. The van der Waals surface area contributed by atoms with E-state index in [-0.39, 0.29) is 11.3 Å². The molecule has 1 amide bonds. The third-order valence-electron chi connectivity index (χ3n) is 3.14. The molecule has 1 aromatic rings. The van der Waals surface area contributed by atoms with E-state index in [1.165, 1.54) is 0 Å². The maximum Gasteiger partial charge on any atom is 0.230 e. The maximum absolute atomic E-state index is 12.1. The quantitative estimate of drug-likeness (QED) is 0.861. The normalized spacial score (nSPS) is 18.5. The molecule has 1 fully saturated rings. The van der Waals surface area contributed by atoms with Crippen molar-refractivity contribution >= 4 is 17.5 Å². The number of carbonyl (C=O) groups is 1. The summed E-state index contributed by atoms with van der Waals surface area (Å²) in [6.07, 6.45) is 1.21. The van der Waals surface area contributed by atoms with Gasteiger partial charge in [-0.2, -0.15) is 0 Å². The summed E-state index contributed by atoms with van der Waals surface area (Å²) in [4.78, 5) is 12.1. The molecule has 0 spiro atoms. The first-order valence-corrected chi connectivity index (χ1v) is 6.15. The van der Waals surface area contributed by atoms with Crippen LogP contribution in [0.5, 0.6) is 0 Å². The highest BCUT2D eigenvalue weighted by molar-refractivity contribution is 6.30. The predicted octanol–water partition coefficient (Wildman–Crippen LogP) is 1.87. The van der Waals surface area contributed by atoms with Crippen molar-refractivity contribution in [2.75, 3.05) is 6.54 Å². The van der Waals surface area contributed by atoms with Crippen molar-refractivity contribution in [1.29, 1.82) is 0 Å². The summed E-state index contributed by atoms with van der Waals surface area (Å²) in [7, 11) is 0. The van der Waals surface area contributed by atoms with E-state index in [1.807, 2.05) is 12.1 Å². The zero-order valence-corrected chi connectivity index (χ0v) is 10.5. The van der Waals surface area contributed by atoms with Crippen LogP contribution in [-0.4, -0.2) is 23.7 Å². The van der Waals surface area contributed by atoms with E-state index < -0.39 is 6.10 Å². The number of benzene rings is 1. The highest BCUT2D eigenvalue weighted by Crippen LogP contribution is 2.48. The molecule has 3 nitrogen and oxygen atoms in total. The van der Waals surface area contributed by atoms with Crippen LogP contribution < -0.4 is 5.32 Å². The van der Waals surface area contributed by atoms with Gasteiger partial charge in [-0.15, -0.1) is 0 Å². The molecule has 2 rings (SSSR count). The number of aliphatic hydroxyl groups is 1. The molecule has 0 saturated heterocycles. The minimum absolute atomic E-state index is 0.000669. The van der Waals surface area contributed by atoms with Crippen LogP contribution in [0.15, 0.2) is 24.3 Å². The zero-order chi connectivity index (χ0) is 12.5. The Morgan fingerprint density at radius 1 is 1.47 bits per heavy atom. The lowest BCUT2D eigenvalue weighted by molar-refractivity contribution is -0.124. The molecule has 1 atom stereocenters. The summed E-state index contributed by atoms with van der Waals surface area (Å²) < 4.78 is 0. The number of carbonyl (C=O) groups excluding carboxylic acids is 1. The lowest BCUT2D eigenvalue weighted by Crippen LogP contribution is -2.38. The van der Waals surface area contributed by atoms with Crippen LogP contribution >= 0.6 is 11.6 Å². The van der Waals surface area contributed by atoms with Gasteiger partial charge in [0.05, 0.1) is 11.5 Å². The SMILES string of the molecule is C[C@@H](O)CNC(=O)C1(c2ccc(Cl)cc2)CC1. The third kappa shape index (κ3) is 2.61. The fourth-order valence-electron chi connectivity index (χ4n) is 1.95. The summed E-state index contributed by atoms with van der Waals surface area (Å²) >= 11 is 5.83. The number of aliphatic hydroxyl groups excluding tert-OH is 1. The third-order valence-corrected chi connectivity index (χ3v) is 3.39. The van der Waals surface area contributed by atoms with E-state index in [0.29, 0.717) is 11.6 Å². The highest BCUT2D eigenvalue weighted by Gasteiger charge is 2.51. The van der Waals surface area contributed by atoms with Gasteiger partial charge in [-0.05, 0) is 37.5 Å². The van der Waals surface area contributed by atoms with Gasteiger partial charge in [-0.3, -0.25) is 4.79 Å². The monoisotopic (exact) mass is 253 g/mol. The summed E-state index contributed by atoms with van der Waals surface area (Å²) in [6.45, 7) is 1.95. The summed E-state index contributed by atoms with van der Waals surface area (Å²) in [6, 6.07) is 7.41. The molecule has 0 aliphatic heterocycles. The Morgan fingerprint density at radius 3 is 2.53 bits per heavy atom. The van der Waals surface area contributed by atoms with E-state index >= 15 is 0 Å². The maximum atomic E-state index is 12.1. The fraction of sp³-hybridized carbons (Fsp3) is 0.462. The van der Waals surface area contributed by atoms with Crippen LogP contribution in [0.1, 0.15) is 25.3 Å². The number of halogens is 1. The van der Waals surface area contributed by atoms with Crippen molar-refractivity contribution in [2.45, 2.75) is 31.3 Å². The Balaban J connectivity index is 2.08. The Morgan fingerprint density at radius 2 is 2.06 bits per heavy atom. The molecule has 4 heteroatoms. The van der Waals surface area contributed by atoms with E-state index in [9.17, 15) is 4.79 Å². The lowest BCUT2D eigenvalue weighted by Gasteiger charge is -2.16. The first-order chi connectivity index (χ1) is 8.04. The molecule has 0 aromatic heterocycles. The fourth-order valence-corrected chi connectivity index (χ4v) is 2.08. The molecule has 0 unspecified atom stereocenters. The van der Waals surface area contributed by atoms with Gasteiger partial charge in [-0.25, -0.2) is 0 Å². The lowest BCUT2D eigenvalue weighted by atomic mass is 9.95. The van der Waals surface area contributed by atoms with Crippen molar-refractivity contribution < 1.29 is 9.90 Å². The first-order valence-electron chi connectivity index (χ1n) is 5.77. The number of rotatable bonds is 4. The molecule has 1 aliphatic rings. The van der Waals surface area contributed by atoms with Crippen LogP contribution in [0.3, 0.4) is 0 Å². The van der Waals surface area contributed by atoms with Crippen LogP contribution in [0.25, 0.3) is 0 Å². The molecule has 0 radical (unpaired) electrons. The van der Waals surface area contributed by atoms with Crippen LogP contribution in [0, 0.1) is 0 Å². The topological polar surface area (TPSA) is 49.3 Å². The Labute approximate surface area is 106 Å². The molecule has 1 saturated carbocycles. The Kier molecular flexibility index (Phi) is 3.40. The van der Waals surface area contributed by atoms with Gasteiger partial charge in [0.2, 0.25) is 5.91 Å². The van der Waals surface area contributed by atoms with Gasteiger partial charge in [-0.1, -0.05) is 23.7 Å². The van der Waals surface area contributed by atoms with Crippen LogP contribution in [0.2, 0.25) is 5.02 Å². The number of hydrogen-bond donors (Lipinski definition) is 2. The van der Waals surface area contributed by atoms with Crippen molar-refractivity contribution in [2.24, 2.45) is 0 Å². The number of nitrogens with one attached hydrogen (secondary N) is 1. The average molecular weight is 254 g/mol. The van der Waals surface area contributed by atoms with E-state index in [1.54, 1.807) is 19.1 Å². The Hall–Kier alpha value is -1.06. The van der Waals surface area contributed by atoms with E-state index in [2.05, 4.69) is 5.32 Å². The minimum Gasteiger partial charge on any atom is -0.392 e. The molecular weight excluding hydrogens is 238 g/mol. The largest absolute Gasteiger partial charge is 0.392 e. The molecule has 92 valence electrons. The van der Waals surface area contributed by atoms with Crippen molar-refractivity contribution in [3.8, 4) is 0 Å². The van der Waals surface area contributed by atoms with Gasteiger partial charge in [0.25, 0.3) is 0 Å². The molecular formula is C13H16ClNO2. The molecule has 17 heavy (non-hydrogen) atoms. The average Bonchev–Trinajstić information content (AvgIpc) is 3.08. The molecule has 1 aliphatic carbocycles. The second-order valence-corrected chi connectivity index (χ2v) is 5.08. The second-order valence-electron chi connectivity index (χ2n) is 4.65. The molecule has 2 N–H and O–H groups in total. The van der Waals surface area contributed by atoms with Crippen molar-refractivity contribution in [3.63, 3.8) is 0 Å². The minimum atomic E-state index is -0.514. The standard InChI is InChI=1S/C13H16ClNO2/c1-9(16)8-15-12(17)13(6-7-13)10-2-4-11(14)5-3-10/h2-5,9,16H,6-8H2,1H3,(H,15,17)/t9-/m1/s1. The molecule has 1 aromatic carbocycles. The van der Waals surface area contributed by atoms with Crippen molar-refractivity contribution in [1.82, 2.24) is 5.32 Å². The second kappa shape index (κ2) is 4.67. The van der Waals surface area contributed by atoms with Crippen LogP contribution in [0.4, 0.5) is 0 Å². The first kappa shape index (κ1) is 12.4. The van der Waals surface area contributed by atoms with E-state index in [4.69, 9.17) is 16.7 Å². The summed E-state index contributed by atoms with van der Waals surface area (Å²) in [5.74, 6) is 0.000669. The smallest absolute Gasteiger partial charge is 0.230 e. The van der Waals surface area contributed by atoms with Gasteiger partial charge >= 0.3 is 0 Å². The number of amides is 1. The van der Waals surface area contributed by atoms with Gasteiger partial charge in [0.1, 0.15) is 0 Å². The molecule has 0 bridgehead atoms. The highest BCUT2D eigenvalue weighted by atomic mass is 35.5. The summed E-state index contributed by atoms with van der Waals surface area (Å²) in [5.41, 5.74) is 0.615. The van der Waals surface area contributed by atoms with Gasteiger partial charge < -0.3 is 10.4 Å². The van der Waals surface area contributed by atoms with E-state index in [0.717, 1.165) is 18.4 Å². The van der Waals surface area contributed by atoms with Gasteiger partial charge in [0, 0.05) is 11.6 Å². The number of hydrogen-bond acceptors (Lipinski definition) is 2. The van der Waals surface area contributed by atoms with Crippen molar-refractivity contribution in [3.05, 3.63) is 34.9 Å². The summed E-state index contributed by atoms with van der Waals surface area (Å²) in [5, 5.41) is 12.6. The van der Waals surface area contributed by atoms with Crippen LogP contribution in [-0.2, 0) is 10.2 Å². The Bertz CT molecular complexity index is 410. The predicted molar refractivity (Wildman–Crippen MR) is 67.1 cm³/mol. The van der Waals surface area contributed by atoms with Gasteiger partial charge in [0.15, 0.2) is 0 Å².